The molecule has 0 amide bonds. The van der Waals surface area contributed by atoms with Gasteiger partial charge in [0, 0.05) is 67.0 Å². The molecule has 0 fully saturated rings. The van der Waals surface area contributed by atoms with Crippen LogP contribution in [-0.4, -0.2) is 35.0 Å². The molecule has 0 saturated carbocycles. The highest BCUT2D eigenvalue weighted by Crippen LogP contribution is 2.36. The van der Waals surface area contributed by atoms with Gasteiger partial charge in [-0.05, 0) is 110 Å². The van der Waals surface area contributed by atoms with Gasteiger partial charge in [-0.3, -0.25) is 0 Å². The van der Waals surface area contributed by atoms with Crippen LogP contribution >= 0.6 is 0 Å². The Balaban J connectivity index is 0.000000234. The molecule has 0 aliphatic heterocycles. The van der Waals surface area contributed by atoms with Crippen molar-refractivity contribution in [1.29, 1.82) is 0 Å². The predicted molar refractivity (Wildman–Crippen MR) is 284 cm³/mol. The first-order valence-electron chi connectivity index (χ1n) is 25.7. The fourth-order valence-corrected chi connectivity index (χ4v) is 8.66. The summed E-state index contributed by atoms with van der Waals surface area (Å²) in [5.74, 6) is -1.91. The third-order valence-corrected chi connectivity index (χ3v) is 13.0. The number of unbranched alkanes of at least 4 members (excludes halogenated alkanes) is 3. The van der Waals surface area contributed by atoms with Crippen molar-refractivity contribution >= 4 is 34.1 Å². The first-order chi connectivity index (χ1) is 34.7. The Hall–Kier alpha value is -6.30. The molecule has 0 spiro atoms. The van der Waals surface area contributed by atoms with Crippen LogP contribution in [0.1, 0.15) is 119 Å². The van der Waals surface area contributed by atoms with Gasteiger partial charge in [-0.25, -0.2) is 26.3 Å². The second kappa shape index (κ2) is 30.6. The van der Waals surface area contributed by atoms with Gasteiger partial charge in [0.1, 0.15) is 57.8 Å². The van der Waals surface area contributed by atoms with Crippen LogP contribution in [0.3, 0.4) is 0 Å². The van der Waals surface area contributed by atoms with E-state index in [-0.39, 0.29) is 28.6 Å². The Bertz CT molecular complexity index is 2510. The molecule has 6 aromatic carbocycles. The molecule has 3 unspecified atom stereocenters. The summed E-state index contributed by atoms with van der Waals surface area (Å²) >= 11 is 0. The van der Waals surface area contributed by atoms with Crippen molar-refractivity contribution in [3.63, 3.8) is 0 Å². The predicted octanol–water partition coefficient (Wildman–Crippen LogP) is 18.1. The number of benzene rings is 6. The van der Waals surface area contributed by atoms with E-state index in [0.717, 1.165) is 95.2 Å². The van der Waals surface area contributed by atoms with Crippen molar-refractivity contribution in [2.24, 2.45) is 17.8 Å². The number of anilines is 6. The molecule has 0 saturated heterocycles. The number of hydrogen-bond donors (Lipinski definition) is 3. The third kappa shape index (κ3) is 18.1. The highest BCUT2D eigenvalue weighted by molar-refractivity contribution is 5.67. The number of phenols is 3. The molecule has 3 N–H and O–H groups in total. The van der Waals surface area contributed by atoms with Crippen LogP contribution < -0.4 is 14.7 Å². The molecule has 0 aromatic heterocycles. The maximum absolute atomic E-state index is 14.3. The number of hydrogen-bond acceptors (Lipinski definition) is 6. The minimum Gasteiger partial charge on any atom is -0.508 e. The zero-order valence-corrected chi connectivity index (χ0v) is 42.9. The third-order valence-electron chi connectivity index (χ3n) is 13.0. The summed E-state index contributed by atoms with van der Waals surface area (Å²) in [5, 5.41) is 29.3. The van der Waals surface area contributed by atoms with Crippen molar-refractivity contribution in [1.82, 2.24) is 0 Å². The van der Waals surface area contributed by atoms with Crippen molar-refractivity contribution in [3.8, 4) is 17.2 Å². The summed E-state index contributed by atoms with van der Waals surface area (Å²) in [6, 6.07) is 30.9. The van der Waals surface area contributed by atoms with Gasteiger partial charge >= 0.3 is 0 Å². The van der Waals surface area contributed by atoms with Crippen LogP contribution in [0.5, 0.6) is 17.2 Å². The molecular weight excluding hydrogens is 925 g/mol. The van der Waals surface area contributed by atoms with E-state index in [4.69, 9.17) is 0 Å². The van der Waals surface area contributed by atoms with Crippen molar-refractivity contribution in [2.75, 3.05) is 34.3 Å². The van der Waals surface area contributed by atoms with E-state index in [0.29, 0.717) is 60.1 Å². The van der Waals surface area contributed by atoms with Gasteiger partial charge in [-0.15, -0.1) is 0 Å². The summed E-state index contributed by atoms with van der Waals surface area (Å²) < 4.78 is 84.3. The summed E-state index contributed by atoms with van der Waals surface area (Å²) in [7, 11) is 0. The summed E-state index contributed by atoms with van der Waals surface area (Å²) in [5.41, 5.74) is 2.43. The molecule has 0 heterocycles. The minimum atomic E-state index is -0.594. The summed E-state index contributed by atoms with van der Waals surface area (Å²) in [6.45, 7) is 14.5. The molecule has 0 bridgehead atoms. The standard InChI is InChI=1S/3C20H25F2NO/c1-3-5-8-15(4-2)14-23(16-9-6-10-17(24)13-16)20-18(21)11-7-12-19(20)22;1-3-5-7-15(4-2)14-23(17-8-6-9-18(24)13-17)20-11-10-16(21)12-19(20)22;1-3-5-7-15(4-2)14-23(17-8-6-9-18(24)13-17)20-12-16(21)10-11-19(20)22/h6-7,9-13,15,24H,3-5,8,14H2,1-2H3;2*6,8-13,15,24H,3-5,7,14H2,1-2H3. The Kier molecular flexibility index (Phi) is 24.7. The van der Waals surface area contributed by atoms with Gasteiger partial charge in [0.2, 0.25) is 0 Å². The molecule has 0 aliphatic carbocycles. The highest BCUT2D eigenvalue weighted by atomic mass is 19.2. The lowest BCUT2D eigenvalue weighted by Crippen LogP contribution is -2.26. The van der Waals surface area contributed by atoms with E-state index < -0.39 is 34.9 Å². The molecule has 12 heteroatoms. The van der Waals surface area contributed by atoms with Gasteiger partial charge < -0.3 is 30.0 Å². The Morgan fingerprint density at radius 3 is 1.15 bits per heavy atom. The maximum Gasteiger partial charge on any atom is 0.149 e. The SMILES string of the molecule is CCCCC(CC)CN(c1cccc(O)c1)c1c(F)cccc1F.CCCCC(CC)CN(c1cccc(O)c1)c1cc(F)ccc1F.CCCCC(CC)CN(c1cccc(O)c1)c1ccc(F)cc1F. The molecule has 0 radical (unpaired) electrons. The van der Waals surface area contributed by atoms with Crippen LogP contribution in [0.25, 0.3) is 0 Å². The fraction of sp³-hybridized carbons (Fsp3) is 0.400. The largest absolute Gasteiger partial charge is 0.508 e. The van der Waals surface area contributed by atoms with Crippen LogP contribution in [-0.2, 0) is 0 Å². The molecule has 390 valence electrons. The van der Waals surface area contributed by atoms with Crippen LogP contribution in [0.4, 0.5) is 60.5 Å². The quantitative estimate of drug-likeness (QED) is 0.0525. The first-order valence-corrected chi connectivity index (χ1v) is 25.7. The molecule has 6 nitrogen and oxygen atoms in total. The normalized spacial score (nSPS) is 12.2. The number of phenolic OH excluding ortho intramolecular Hbond substituents is 3. The van der Waals surface area contributed by atoms with Gasteiger partial charge in [-0.2, -0.15) is 0 Å². The smallest absolute Gasteiger partial charge is 0.149 e. The van der Waals surface area contributed by atoms with Crippen molar-refractivity contribution in [3.05, 3.63) is 162 Å². The number of rotatable bonds is 24. The van der Waals surface area contributed by atoms with E-state index in [9.17, 15) is 41.7 Å². The molecule has 0 aliphatic rings. The average Bonchev–Trinajstić information content (AvgIpc) is 3.36. The minimum absolute atomic E-state index is 0.0574. The monoisotopic (exact) mass is 1000 g/mol. The molecule has 6 aromatic rings. The Morgan fingerprint density at radius 1 is 0.375 bits per heavy atom. The zero-order chi connectivity index (χ0) is 52.6. The number of aromatic hydroxyl groups is 3. The van der Waals surface area contributed by atoms with E-state index in [1.165, 1.54) is 36.4 Å². The van der Waals surface area contributed by atoms with Crippen LogP contribution in [0, 0.1) is 52.7 Å². The number of nitrogens with zero attached hydrogens (tertiary/aromatic N) is 3. The topological polar surface area (TPSA) is 70.4 Å². The zero-order valence-electron chi connectivity index (χ0n) is 42.9. The van der Waals surface area contributed by atoms with Crippen LogP contribution in [0.2, 0.25) is 0 Å². The van der Waals surface area contributed by atoms with E-state index in [2.05, 4.69) is 41.5 Å². The van der Waals surface area contributed by atoms with E-state index in [1.54, 1.807) is 76.5 Å². The maximum atomic E-state index is 14.3. The average molecular weight is 1000 g/mol. The first kappa shape index (κ1) is 58.3. The molecule has 6 rings (SSSR count). The van der Waals surface area contributed by atoms with E-state index in [1.807, 2.05) is 11.0 Å². The lowest BCUT2D eigenvalue weighted by Gasteiger charge is -2.30. The lowest BCUT2D eigenvalue weighted by molar-refractivity contribution is 0.452. The van der Waals surface area contributed by atoms with Gasteiger partial charge in [0.05, 0.1) is 11.4 Å². The summed E-state index contributed by atoms with van der Waals surface area (Å²) in [4.78, 5) is 5.24. The highest BCUT2D eigenvalue weighted by Gasteiger charge is 2.23. The number of para-hydroxylation sites is 1. The molecular formula is C60H75F6N3O3. The van der Waals surface area contributed by atoms with E-state index >= 15 is 0 Å². The summed E-state index contributed by atoms with van der Waals surface area (Å²) in [6.07, 6.45) is 12.6. The lowest BCUT2D eigenvalue weighted by atomic mass is 9.98. The van der Waals surface area contributed by atoms with Crippen molar-refractivity contribution in [2.45, 2.75) is 119 Å². The van der Waals surface area contributed by atoms with Crippen molar-refractivity contribution < 1.29 is 41.7 Å². The molecule has 3 atom stereocenters. The second-order valence-electron chi connectivity index (χ2n) is 18.4. The Morgan fingerprint density at radius 2 is 0.750 bits per heavy atom. The second-order valence-corrected chi connectivity index (χ2v) is 18.4. The van der Waals surface area contributed by atoms with Gasteiger partial charge in [-0.1, -0.05) is 124 Å². The molecule has 72 heavy (non-hydrogen) atoms. The van der Waals surface area contributed by atoms with Crippen LogP contribution in [0.15, 0.2) is 127 Å². The number of halogens is 6. The van der Waals surface area contributed by atoms with Gasteiger partial charge in [0.15, 0.2) is 0 Å². The Labute approximate surface area is 424 Å². The van der Waals surface area contributed by atoms with Gasteiger partial charge in [0.25, 0.3) is 0 Å². The fourth-order valence-electron chi connectivity index (χ4n) is 8.66.